The lowest BCUT2D eigenvalue weighted by molar-refractivity contribution is -0.123. The van der Waals surface area contributed by atoms with Crippen molar-refractivity contribution in [3.8, 4) is 11.8 Å². The van der Waals surface area contributed by atoms with Crippen molar-refractivity contribution in [3.05, 3.63) is 28.8 Å². The Bertz CT molecular complexity index is 492. The molecule has 0 bridgehead atoms. The normalized spacial score (nSPS) is 13.8. The number of benzene rings is 1. The zero-order chi connectivity index (χ0) is 13.0. The summed E-state index contributed by atoms with van der Waals surface area (Å²) in [4.78, 5) is 11.4. The molecule has 0 heterocycles. The minimum atomic E-state index is -0.137. The van der Waals surface area contributed by atoms with Crippen LogP contribution in [0.5, 0.6) is 5.75 Å². The molecule has 1 aliphatic rings. The third-order valence-electron chi connectivity index (χ3n) is 2.72. The summed E-state index contributed by atoms with van der Waals surface area (Å²) in [6.07, 6.45) is 2.40. The van der Waals surface area contributed by atoms with E-state index >= 15 is 0 Å². The summed E-state index contributed by atoms with van der Waals surface area (Å²) in [7, 11) is 0. The van der Waals surface area contributed by atoms with Gasteiger partial charge in [-0.25, -0.2) is 0 Å². The Balaban J connectivity index is 1.80. The number of ether oxygens (including phenoxy) is 1. The fraction of sp³-hybridized carbons (Fsp3) is 0.385. The Morgan fingerprint density at radius 2 is 2.33 bits per heavy atom. The third kappa shape index (κ3) is 3.64. The van der Waals surface area contributed by atoms with Gasteiger partial charge in [-0.1, -0.05) is 11.6 Å². The van der Waals surface area contributed by atoms with E-state index in [1.807, 2.05) is 6.07 Å². The summed E-state index contributed by atoms with van der Waals surface area (Å²) in [5.74, 6) is 1.00. The Labute approximate surface area is 111 Å². The predicted octanol–water partition coefficient (Wildman–Crippen LogP) is 2.12. The molecule has 1 saturated carbocycles. The van der Waals surface area contributed by atoms with E-state index in [0.717, 1.165) is 6.54 Å². The predicted molar refractivity (Wildman–Crippen MR) is 67.4 cm³/mol. The highest BCUT2D eigenvalue weighted by Crippen LogP contribution is 2.27. The van der Waals surface area contributed by atoms with Gasteiger partial charge in [0.05, 0.1) is 10.6 Å². The molecule has 1 fully saturated rings. The third-order valence-corrected chi connectivity index (χ3v) is 3.03. The fourth-order valence-electron chi connectivity index (χ4n) is 1.46. The number of rotatable bonds is 5. The molecule has 0 unspecified atom stereocenters. The van der Waals surface area contributed by atoms with Crippen LogP contribution in [0.25, 0.3) is 0 Å². The molecule has 1 aliphatic carbocycles. The Hall–Kier alpha value is -1.73. The number of carbonyl (C=O) groups excluding carboxylic acids is 1. The largest absolute Gasteiger partial charge is 0.484 e. The molecule has 4 nitrogen and oxygen atoms in total. The fourth-order valence-corrected chi connectivity index (χ4v) is 1.67. The van der Waals surface area contributed by atoms with Gasteiger partial charge in [0.25, 0.3) is 5.91 Å². The zero-order valence-electron chi connectivity index (χ0n) is 9.78. The monoisotopic (exact) mass is 264 g/mol. The van der Waals surface area contributed by atoms with Crippen LogP contribution in [0.15, 0.2) is 18.2 Å². The van der Waals surface area contributed by atoms with Crippen LogP contribution in [0.4, 0.5) is 0 Å². The topological polar surface area (TPSA) is 62.1 Å². The van der Waals surface area contributed by atoms with Crippen LogP contribution in [-0.4, -0.2) is 19.1 Å². The first-order valence-electron chi connectivity index (χ1n) is 5.78. The average Bonchev–Trinajstić information content (AvgIpc) is 3.18. The van der Waals surface area contributed by atoms with Crippen molar-refractivity contribution in [1.29, 1.82) is 5.26 Å². The van der Waals surface area contributed by atoms with Gasteiger partial charge < -0.3 is 10.1 Å². The van der Waals surface area contributed by atoms with Crippen molar-refractivity contribution in [2.75, 3.05) is 13.2 Å². The molecule has 1 amide bonds. The maximum Gasteiger partial charge on any atom is 0.257 e. The number of hydrogen-bond acceptors (Lipinski definition) is 3. The van der Waals surface area contributed by atoms with Crippen molar-refractivity contribution in [2.45, 2.75) is 12.8 Å². The molecule has 0 saturated heterocycles. The van der Waals surface area contributed by atoms with Gasteiger partial charge in [0.2, 0.25) is 0 Å². The van der Waals surface area contributed by atoms with Gasteiger partial charge in [0.1, 0.15) is 11.8 Å². The zero-order valence-corrected chi connectivity index (χ0v) is 10.5. The number of halogens is 1. The Kier molecular flexibility index (Phi) is 4.06. The van der Waals surface area contributed by atoms with Crippen LogP contribution in [0, 0.1) is 17.2 Å². The van der Waals surface area contributed by atoms with E-state index in [2.05, 4.69) is 5.32 Å². The Morgan fingerprint density at radius 1 is 1.56 bits per heavy atom. The smallest absolute Gasteiger partial charge is 0.257 e. The van der Waals surface area contributed by atoms with Crippen molar-refractivity contribution in [1.82, 2.24) is 5.32 Å². The first-order chi connectivity index (χ1) is 8.69. The summed E-state index contributed by atoms with van der Waals surface area (Å²) in [6, 6.07) is 6.69. The number of carbonyl (C=O) groups is 1. The number of nitrogens with zero attached hydrogens (tertiary/aromatic N) is 1. The van der Waals surface area contributed by atoms with Crippen LogP contribution in [-0.2, 0) is 4.79 Å². The van der Waals surface area contributed by atoms with E-state index in [1.165, 1.54) is 18.9 Å². The lowest BCUT2D eigenvalue weighted by atomic mass is 10.2. The highest BCUT2D eigenvalue weighted by molar-refractivity contribution is 6.31. The maximum absolute atomic E-state index is 11.4. The Morgan fingerprint density at radius 3 is 2.94 bits per heavy atom. The van der Waals surface area contributed by atoms with E-state index in [1.54, 1.807) is 12.1 Å². The SMILES string of the molecule is N#Cc1ccc(OCC(=O)NCC2CC2)cc1Cl. The second-order valence-corrected chi connectivity index (χ2v) is 4.70. The highest BCUT2D eigenvalue weighted by atomic mass is 35.5. The lowest BCUT2D eigenvalue weighted by Gasteiger charge is -2.07. The van der Waals surface area contributed by atoms with E-state index in [0.29, 0.717) is 22.3 Å². The molecule has 1 aromatic carbocycles. The van der Waals surface area contributed by atoms with Crippen LogP contribution in [0.3, 0.4) is 0 Å². The standard InChI is InChI=1S/C13H13ClN2O2/c14-12-5-11(4-3-10(12)6-15)18-8-13(17)16-7-9-1-2-9/h3-5,9H,1-2,7-8H2,(H,16,17). The highest BCUT2D eigenvalue weighted by Gasteiger charge is 2.21. The molecule has 0 atom stereocenters. The second-order valence-electron chi connectivity index (χ2n) is 4.29. The van der Waals surface area contributed by atoms with Crippen molar-refractivity contribution in [2.24, 2.45) is 5.92 Å². The van der Waals surface area contributed by atoms with E-state index in [4.69, 9.17) is 21.6 Å². The van der Waals surface area contributed by atoms with E-state index in [-0.39, 0.29) is 12.5 Å². The van der Waals surface area contributed by atoms with Crippen LogP contribution >= 0.6 is 11.6 Å². The van der Waals surface area contributed by atoms with Gasteiger partial charge in [0.15, 0.2) is 6.61 Å². The summed E-state index contributed by atoms with van der Waals surface area (Å²) < 4.78 is 5.29. The molecule has 0 aromatic heterocycles. The van der Waals surface area contributed by atoms with Crippen molar-refractivity contribution in [3.63, 3.8) is 0 Å². The molecule has 1 N–H and O–H groups in total. The van der Waals surface area contributed by atoms with E-state index < -0.39 is 0 Å². The second kappa shape index (κ2) is 5.74. The quantitative estimate of drug-likeness (QED) is 0.886. The van der Waals surface area contributed by atoms with E-state index in [9.17, 15) is 4.79 Å². The minimum Gasteiger partial charge on any atom is -0.484 e. The molecule has 94 valence electrons. The van der Waals surface area contributed by atoms with Gasteiger partial charge in [-0.05, 0) is 30.9 Å². The van der Waals surface area contributed by atoms with Gasteiger partial charge in [-0.3, -0.25) is 4.79 Å². The number of hydrogen-bond donors (Lipinski definition) is 1. The van der Waals surface area contributed by atoms with Gasteiger partial charge in [0, 0.05) is 12.6 Å². The molecule has 0 spiro atoms. The minimum absolute atomic E-state index is 0.0328. The summed E-state index contributed by atoms with van der Waals surface area (Å²) >= 11 is 5.85. The van der Waals surface area contributed by atoms with Crippen molar-refractivity contribution >= 4 is 17.5 Å². The first-order valence-corrected chi connectivity index (χ1v) is 6.16. The number of nitrogens with one attached hydrogen (secondary N) is 1. The summed E-state index contributed by atoms with van der Waals surface area (Å²) in [5, 5.41) is 11.8. The molecule has 1 aromatic rings. The van der Waals surface area contributed by atoms with Gasteiger partial charge in [-0.2, -0.15) is 5.26 Å². The van der Waals surface area contributed by atoms with Gasteiger partial charge in [-0.15, -0.1) is 0 Å². The molecular formula is C13H13ClN2O2. The summed E-state index contributed by atoms with van der Waals surface area (Å²) in [6.45, 7) is 0.700. The van der Waals surface area contributed by atoms with Gasteiger partial charge >= 0.3 is 0 Å². The van der Waals surface area contributed by atoms with Crippen LogP contribution < -0.4 is 10.1 Å². The molecule has 2 rings (SSSR count). The molecule has 18 heavy (non-hydrogen) atoms. The molecule has 0 aliphatic heterocycles. The number of amides is 1. The lowest BCUT2D eigenvalue weighted by Crippen LogP contribution is -2.30. The molecule has 0 radical (unpaired) electrons. The summed E-state index contributed by atoms with van der Waals surface area (Å²) in [5.41, 5.74) is 0.391. The molecule has 5 heteroatoms. The van der Waals surface area contributed by atoms with Crippen LogP contribution in [0.2, 0.25) is 5.02 Å². The van der Waals surface area contributed by atoms with Crippen molar-refractivity contribution < 1.29 is 9.53 Å². The maximum atomic E-state index is 11.4. The molecular weight excluding hydrogens is 252 g/mol. The van der Waals surface area contributed by atoms with Crippen LogP contribution in [0.1, 0.15) is 18.4 Å². The number of nitriles is 1. The average molecular weight is 265 g/mol. The first kappa shape index (κ1) is 12.7.